The first kappa shape index (κ1) is 12.0. The van der Waals surface area contributed by atoms with Crippen molar-refractivity contribution in [3.63, 3.8) is 0 Å². The standard InChI is InChI=1S/C9H14ClN3O2/c1-5-6-7(13(14)15)8(10)12(11-6)9(2,3)4/h5H2,1-4H3. The number of aromatic nitrogens is 2. The number of nitrogens with zero attached hydrogens (tertiary/aromatic N) is 3. The number of hydrogen-bond acceptors (Lipinski definition) is 3. The van der Waals surface area contributed by atoms with Crippen LogP contribution in [0.1, 0.15) is 33.4 Å². The number of halogens is 1. The number of hydrogen-bond donors (Lipinski definition) is 0. The van der Waals surface area contributed by atoms with Crippen LogP contribution in [0.15, 0.2) is 0 Å². The molecule has 0 saturated heterocycles. The SMILES string of the molecule is CCc1nn(C(C)(C)C)c(Cl)c1[N+](=O)[O-]. The lowest BCUT2D eigenvalue weighted by Crippen LogP contribution is -2.23. The maximum absolute atomic E-state index is 10.8. The number of rotatable bonds is 2. The molecule has 0 radical (unpaired) electrons. The summed E-state index contributed by atoms with van der Waals surface area (Å²) in [4.78, 5) is 10.3. The molecule has 84 valence electrons. The van der Waals surface area contributed by atoms with Gasteiger partial charge < -0.3 is 0 Å². The van der Waals surface area contributed by atoms with Gasteiger partial charge in [-0.2, -0.15) is 5.10 Å². The van der Waals surface area contributed by atoms with Crippen molar-refractivity contribution < 1.29 is 4.92 Å². The molecule has 0 spiro atoms. The van der Waals surface area contributed by atoms with Gasteiger partial charge in [0.25, 0.3) is 0 Å². The van der Waals surface area contributed by atoms with Gasteiger partial charge in [0, 0.05) is 0 Å². The van der Waals surface area contributed by atoms with Crippen LogP contribution in [-0.4, -0.2) is 14.7 Å². The fourth-order valence-corrected chi connectivity index (χ4v) is 1.76. The Kier molecular flexibility index (Phi) is 3.04. The quantitative estimate of drug-likeness (QED) is 0.581. The minimum atomic E-state index is -0.476. The molecule has 6 heteroatoms. The molecule has 0 amide bonds. The second kappa shape index (κ2) is 3.81. The van der Waals surface area contributed by atoms with Crippen molar-refractivity contribution in [3.05, 3.63) is 21.0 Å². The van der Waals surface area contributed by atoms with Gasteiger partial charge in [0.15, 0.2) is 0 Å². The molecule has 15 heavy (non-hydrogen) atoms. The summed E-state index contributed by atoms with van der Waals surface area (Å²) in [5.41, 5.74) is 0.00365. The maximum Gasteiger partial charge on any atom is 0.329 e. The zero-order chi connectivity index (χ0) is 11.8. The first-order valence-electron chi connectivity index (χ1n) is 4.71. The molecular weight excluding hydrogens is 218 g/mol. The van der Waals surface area contributed by atoms with Crippen molar-refractivity contribution in [3.8, 4) is 0 Å². The van der Waals surface area contributed by atoms with E-state index in [1.54, 1.807) is 0 Å². The normalized spacial score (nSPS) is 11.8. The summed E-state index contributed by atoms with van der Waals surface area (Å²) in [5, 5.41) is 15.1. The summed E-state index contributed by atoms with van der Waals surface area (Å²) in [6.07, 6.45) is 0.499. The number of aryl methyl sites for hydroxylation is 1. The fraction of sp³-hybridized carbons (Fsp3) is 0.667. The van der Waals surface area contributed by atoms with Gasteiger partial charge in [-0.1, -0.05) is 18.5 Å². The smallest absolute Gasteiger partial charge is 0.258 e. The van der Waals surface area contributed by atoms with Crippen molar-refractivity contribution in [2.45, 2.75) is 39.7 Å². The van der Waals surface area contributed by atoms with Crippen molar-refractivity contribution in [1.82, 2.24) is 9.78 Å². The summed E-state index contributed by atoms with van der Waals surface area (Å²) in [7, 11) is 0. The zero-order valence-electron chi connectivity index (χ0n) is 9.24. The van der Waals surface area contributed by atoms with Gasteiger partial charge in [-0.25, -0.2) is 4.68 Å². The molecule has 5 nitrogen and oxygen atoms in total. The first-order chi connectivity index (χ1) is 6.79. The molecule has 0 aromatic carbocycles. The van der Waals surface area contributed by atoms with Crippen molar-refractivity contribution in [1.29, 1.82) is 0 Å². The van der Waals surface area contributed by atoms with Crippen LogP contribution in [0.3, 0.4) is 0 Å². The van der Waals surface area contributed by atoms with Crippen LogP contribution in [0.4, 0.5) is 5.69 Å². The highest BCUT2D eigenvalue weighted by Gasteiger charge is 2.29. The van der Waals surface area contributed by atoms with E-state index in [1.807, 2.05) is 27.7 Å². The van der Waals surface area contributed by atoms with Gasteiger partial charge in [0.2, 0.25) is 5.15 Å². The zero-order valence-corrected chi connectivity index (χ0v) is 10.00. The van der Waals surface area contributed by atoms with Crippen LogP contribution in [0.25, 0.3) is 0 Å². The predicted octanol–water partition coefficient (Wildman–Crippen LogP) is 2.76. The van der Waals surface area contributed by atoms with Gasteiger partial charge in [-0.15, -0.1) is 0 Å². The lowest BCUT2D eigenvalue weighted by molar-refractivity contribution is -0.385. The second-order valence-electron chi connectivity index (χ2n) is 4.28. The molecule has 1 aromatic rings. The van der Waals surface area contributed by atoms with Crippen molar-refractivity contribution in [2.24, 2.45) is 0 Å². The van der Waals surface area contributed by atoms with Crippen molar-refractivity contribution >= 4 is 17.3 Å². The van der Waals surface area contributed by atoms with E-state index in [9.17, 15) is 10.1 Å². The van der Waals surface area contributed by atoms with Gasteiger partial charge >= 0.3 is 5.69 Å². The van der Waals surface area contributed by atoms with Crippen LogP contribution >= 0.6 is 11.6 Å². The molecular formula is C9H14ClN3O2. The Morgan fingerprint density at radius 3 is 2.33 bits per heavy atom. The summed E-state index contributed by atoms with van der Waals surface area (Å²) < 4.78 is 1.49. The Labute approximate surface area is 93.2 Å². The third kappa shape index (κ3) is 2.12. The molecule has 1 rings (SSSR count). The third-order valence-electron chi connectivity index (χ3n) is 2.03. The number of nitro groups is 1. The van der Waals surface area contributed by atoms with E-state index >= 15 is 0 Å². The summed E-state index contributed by atoms with van der Waals surface area (Å²) in [6.45, 7) is 7.51. The van der Waals surface area contributed by atoms with Crippen LogP contribution in [0.5, 0.6) is 0 Å². The highest BCUT2D eigenvalue weighted by atomic mass is 35.5. The van der Waals surface area contributed by atoms with E-state index < -0.39 is 4.92 Å². The maximum atomic E-state index is 10.8. The molecule has 0 atom stereocenters. The summed E-state index contributed by atoms with van der Waals surface area (Å²) >= 11 is 5.95. The molecule has 0 aliphatic heterocycles. The largest absolute Gasteiger partial charge is 0.329 e. The minimum Gasteiger partial charge on any atom is -0.258 e. The average molecular weight is 232 g/mol. The molecule has 0 saturated carbocycles. The van der Waals surface area contributed by atoms with Gasteiger partial charge in [-0.3, -0.25) is 10.1 Å². The van der Waals surface area contributed by atoms with Gasteiger partial charge in [0.1, 0.15) is 5.69 Å². The second-order valence-corrected chi connectivity index (χ2v) is 4.64. The Morgan fingerprint density at radius 1 is 1.53 bits per heavy atom. The monoisotopic (exact) mass is 231 g/mol. The topological polar surface area (TPSA) is 61.0 Å². The van der Waals surface area contributed by atoms with Crippen LogP contribution in [-0.2, 0) is 12.0 Å². The lowest BCUT2D eigenvalue weighted by atomic mass is 10.1. The molecule has 1 aromatic heterocycles. The van der Waals surface area contributed by atoms with E-state index in [2.05, 4.69) is 5.10 Å². The van der Waals surface area contributed by atoms with Crippen LogP contribution < -0.4 is 0 Å². The summed E-state index contributed by atoms with van der Waals surface area (Å²) in [6, 6.07) is 0. The molecule has 1 heterocycles. The average Bonchev–Trinajstić information content (AvgIpc) is 2.41. The molecule has 0 aliphatic rings. The van der Waals surface area contributed by atoms with Crippen molar-refractivity contribution in [2.75, 3.05) is 0 Å². The Morgan fingerprint density at radius 2 is 2.07 bits per heavy atom. The highest BCUT2D eigenvalue weighted by Crippen LogP contribution is 2.32. The lowest BCUT2D eigenvalue weighted by Gasteiger charge is -2.19. The fourth-order valence-electron chi connectivity index (χ4n) is 1.29. The Hall–Kier alpha value is -1.10. The first-order valence-corrected chi connectivity index (χ1v) is 5.09. The Bertz CT molecular complexity index is 393. The summed E-state index contributed by atoms with van der Waals surface area (Å²) in [5.74, 6) is 0. The molecule has 0 bridgehead atoms. The van der Waals surface area contributed by atoms with Gasteiger partial charge in [0.05, 0.1) is 10.5 Å². The van der Waals surface area contributed by atoms with E-state index in [0.29, 0.717) is 12.1 Å². The van der Waals surface area contributed by atoms with Gasteiger partial charge in [-0.05, 0) is 27.2 Å². The third-order valence-corrected chi connectivity index (χ3v) is 2.37. The molecule has 0 unspecified atom stereocenters. The minimum absolute atomic E-state index is 0.0749. The molecule has 0 fully saturated rings. The van der Waals surface area contributed by atoms with E-state index in [4.69, 9.17) is 11.6 Å². The van der Waals surface area contributed by atoms with E-state index in [1.165, 1.54) is 4.68 Å². The molecule has 0 aliphatic carbocycles. The Balaban J connectivity index is 3.41. The van der Waals surface area contributed by atoms with Crippen LogP contribution in [0.2, 0.25) is 5.15 Å². The molecule has 0 N–H and O–H groups in total. The predicted molar refractivity (Wildman–Crippen MR) is 58.3 cm³/mol. The van der Waals surface area contributed by atoms with E-state index in [-0.39, 0.29) is 16.4 Å². The highest BCUT2D eigenvalue weighted by molar-refractivity contribution is 6.31. The van der Waals surface area contributed by atoms with Crippen LogP contribution in [0, 0.1) is 10.1 Å². The van der Waals surface area contributed by atoms with E-state index in [0.717, 1.165) is 0 Å².